The molecule has 1 aromatic heterocycles. The number of carbonyl (C=O) groups excluding carboxylic acids is 1. The van der Waals surface area contributed by atoms with Crippen LogP contribution < -0.4 is 5.32 Å². The maximum absolute atomic E-state index is 13.1. The maximum atomic E-state index is 13.1. The van der Waals surface area contributed by atoms with Gasteiger partial charge in [0.25, 0.3) is 5.91 Å². The molecule has 1 amide bonds. The van der Waals surface area contributed by atoms with Gasteiger partial charge in [0, 0.05) is 36.4 Å². The molecule has 1 N–H and O–H groups in total. The van der Waals surface area contributed by atoms with E-state index in [2.05, 4.69) is 37.9 Å². The summed E-state index contributed by atoms with van der Waals surface area (Å²) in [6.07, 6.45) is 3.39. The van der Waals surface area contributed by atoms with E-state index < -0.39 is 0 Å². The summed E-state index contributed by atoms with van der Waals surface area (Å²) < 4.78 is 7.81. The third kappa shape index (κ3) is 4.09. The van der Waals surface area contributed by atoms with Crippen molar-refractivity contribution in [1.29, 1.82) is 0 Å². The lowest BCUT2D eigenvalue weighted by molar-refractivity contribution is -0.0948. The molecule has 1 aliphatic heterocycles. The zero-order valence-electron chi connectivity index (χ0n) is 17.9. The molecule has 1 aromatic carbocycles. The van der Waals surface area contributed by atoms with Crippen LogP contribution >= 0.6 is 0 Å². The minimum absolute atomic E-state index is 0.0692. The molecule has 156 valence electrons. The predicted molar refractivity (Wildman–Crippen MR) is 114 cm³/mol. The van der Waals surface area contributed by atoms with Crippen molar-refractivity contribution < 1.29 is 9.53 Å². The van der Waals surface area contributed by atoms with Crippen molar-refractivity contribution in [3.05, 3.63) is 47.3 Å². The van der Waals surface area contributed by atoms with Crippen LogP contribution in [0.1, 0.15) is 55.9 Å². The number of aromatic nitrogens is 2. The number of fused-ring (bicyclic) bond motifs is 1. The molecule has 4 rings (SSSR count). The Morgan fingerprint density at radius 1 is 1.17 bits per heavy atom. The van der Waals surface area contributed by atoms with Gasteiger partial charge in [-0.15, -0.1) is 0 Å². The summed E-state index contributed by atoms with van der Waals surface area (Å²) in [5, 5.41) is 7.87. The van der Waals surface area contributed by atoms with E-state index >= 15 is 0 Å². The number of amides is 1. The first kappa shape index (κ1) is 20.1. The van der Waals surface area contributed by atoms with E-state index in [-0.39, 0.29) is 23.7 Å². The number of nitrogens with one attached hydrogen (secondary N) is 1. The summed E-state index contributed by atoms with van der Waals surface area (Å²) in [6, 6.07) is 10.1. The van der Waals surface area contributed by atoms with Gasteiger partial charge in [0.2, 0.25) is 0 Å². The molecular weight excluding hydrogens is 364 g/mol. The van der Waals surface area contributed by atoms with Gasteiger partial charge in [-0.05, 0) is 59.1 Å². The molecule has 2 unspecified atom stereocenters. The average molecular weight is 397 g/mol. The summed E-state index contributed by atoms with van der Waals surface area (Å²) in [6.45, 7) is 10.9. The standard InChI is InChI=1S/C23H32N4O2/c1-16-13-26(14-17(2)29-16)23(3,4)15-24-22(28)21-19-11-8-12-20(19)27(25-21)18-9-6-5-7-10-18/h5-7,9-10,16-17H,8,11-15H2,1-4H3,(H,24,28). The van der Waals surface area contributed by atoms with Gasteiger partial charge < -0.3 is 10.1 Å². The number of ether oxygens (including phenoxy) is 1. The Morgan fingerprint density at radius 3 is 2.55 bits per heavy atom. The highest BCUT2D eigenvalue weighted by atomic mass is 16.5. The van der Waals surface area contributed by atoms with Gasteiger partial charge >= 0.3 is 0 Å². The van der Waals surface area contributed by atoms with Crippen LogP contribution in [0.5, 0.6) is 0 Å². The van der Waals surface area contributed by atoms with Crippen LogP contribution in [0.2, 0.25) is 0 Å². The van der Waals surface area contributed by atoms with Crippen molar-refractivity contribution in [3.63, 3.8) is 0 Å². The lowest BCUT2D eigenvalue weighted by Gasteiger charge is -2.45. The van der Waals surface area contributed by atoms with Gasteiger partial charge in [-0.2, -0.15) is 5.10 Å². The van der Waals surface area contributed by atoms with Crippen LogP contribution in [0.25, 0.3) is 5.69 Å². The van der Waals surface area contributed by atoms with Gasteiger partial charge in [0.05, 0.1) is 17.9 Å². The number of hydrogen-bond acceptors (Lipinski definition) is 4. The van der Waals surface area contributed by atoms with Gasteiger partial charge in [0.15, 0.2) is 5.69 Å². The fourth-order valence-electron chi connectivity index (χ4n) is 4.57. The number of carbonyl (C=O) groups is 1. The number of rotatable bonds is 5. The average Bonchev–Trinajstić information content (AvgIpc) is 3.29. The number of morpholine rings is 1. The number of nitrogens with zero attached hydrogens (tertiary/aromatic N) is 3. The molecule has 1 fully saturated rings. The van der Waals surface area contributed by atoms with Crippen molar-refractivity contribution in [1.82, 2.24) is 20.0 Å². The lowest BCUT2D eigenvalue weighted by Crippen LogP contribution is -2.58. The molecule has 0 radical (unpaired) electrons. The Kier molecular flexibility index (Phi) is 5.49. The van der Waals surface area contributed by atoms with Crippen molar-refractivity contribution in [3.8, 4) is 5.69 Å². The van der Waals surface area contributed by atoms with Crippen LogP contribution in [0.3, 0.4) is 0 Å². The Bertz CT molecular complexity index is 865. The zero-order valence-corrected chi connectivity index (χ0v) is 17.9. The molecule has 2 heterocycles. The zero-order chi connectivity index (χ0) is 20.6. The Morgan fingerprint density at radius 2 is 1.86 bits per heavy atom. The van der Waals surface area contributed by atoms with Crippen LogP contribution in [-0.2, 0) is 17.6 Å². The summed E-state index contributed by atoms with van der Waals surface area (Å²) >= 11 is 0. The third-order valence-corrected chi connectivity index (χ3v) is 6.10. The van der Waals surface area contributed by atoms with E-state index in [1.165, 1.54) is 5.69 Å². The highest BCUT2D eigenvalue weighted by molar-refractivity contribution is 5.94. The van der Waals surface area contributed by atoms with E-state index in [9.17, 15) is 4.79 Å². The second kappa shape index (κ2) is 7.92. The molecule has 0 spiro atoms. The summed E-state index contributed by atoms with van der Waals surface area (Å²) in [4.78, 5) is 15.5. The predicted octanol–water partition coefficient (Wildman–Crippen LogP) is 2.98. The molecule has 1 aliphatic carbocycles. The Hall–Kier alpha value is -2.18. The van der Waals surface area contributed by atoms with Crippen molar-refractivity contribution >= 4 is 5.91 Å². The second-order valence-corrected chi connectivity index (χ2v) is 9.03. The first-order chi connectivity index (χ1) is 13.8. The van der Waals surface area contributed by atoms with Gasteiger partial charge in [-0.3, -0.25) is 9.69 Å². The van der Waals surface area contributed by atoms with Crippen LogP contribution in [-0.4, -0.2) is 58.0 Å². The molecule has 1 saturated heterocycles. The molecule has 2 atom stereocenters. The smallest absolute Gasteiger partial charge is 0.272 e. The minimum atomic E-state index is -0.146. The quantitative estimate of drug-likeness (QED) is 0.844. The van der Waals surface area contributed by atoms with E-state index in [1.807, 2.05) is 35.0 Å². The SMILES string of the molecule is CC1CN(C(C)(C)CNC(=O)c2nn(-c3ccccc3)c3c2CCC3)CC(C)O1. The van der Waals surface area contributed by atoms with E-state index in [1.54, 1.807) is 0 Å². The summed E-state index contributed by atoms with van der Waals surface area (Å²) in [7, 11) is 0. The summed E-state index contributed by atoms with van der Waals surface area (Å²) in [5.74, 6) is -0.0692. The van der Waals surface area contributed by atoms with Crippen molar-refractivity contribution in [2.24, 2.45) is 0 Å². The van der Waals surface area contributed by atoms with E-state index in [0.29, 0.717) is 12.2 Å². The largest absolute Gasteiger partial charge is 0.373 e. The number of hydrogen-bond donors (Lipinski definition) is 1. The van der Waals surface area contributed by atoms with E-state index in [4.69, 9.17) is 9.84 Å². The van der Waals surface area contributed by atoms with Crippen LogP contribution in [0, 0.1) is 0 Å². The molecule has 2 aromatic rings. The Labute approximate surface area is 173 Å². The fraction of sp³-hybridized carbons (Fsp3) is 0.565. The minimum Gasteiger partial charge on any atom is -0.373 e. The number of para-hydroxylation sites is 1. The van der Waals surface area contributed by atoms with Gasteiger partial charge in [-0.1, -0.05) is 18.2 Å². The van der Waals surface area contributed by atoms with Crippen molar-refractivity contribution in [2.45, 2.75) is 64.7 Å². The molecule has 6 nitrogen and oxygen atoms in total. The highest BCUT2D eigenvalue weighted by Crippen LogP contribution is 2.28. The fourth-order valence-corrected chi connectivity index (χ4v) is 4.57. The maximum Gasteiger partial charge on any atom is 0.272 e. The van der Waals surface area contributed by atoms with Crippen LogP contribution in [0.4, 0.5) is 0 Å². The first-order valence-electron chi connectivity index (χ1n) is 10.7. The second-order valence-electron chi connectivity index (χ2n) is 9.03. The monoisotopic (exact) mass is 396 g/mol. The highest BCUT2D eigenvalue weighted by Gasteiger charge is 2.34. The normalized spacial score (nSPS) is 22.5. The van der Waals surface area contributed by atoms with Crippen LogP contribution in [0.15, 0.2) is 30.3 Å². The molecule has 29 heavy (non-hydrogen) atoms. The topological polar surface area (TPSA) is 59.4 Å². The molecule has 2 aliphatic rings. The molecule has 0 bridgehead atoms. The molecule has 0 saturated carbocycles. The summed E-state index contributed by atoms with van der Waals surface area (Å²) in [5.41, 5.74) is 3.74. The first-order valence-corrected chi connectivity index (χ1v) is 10.7. The van der Waals surface area contributed by atoms with E-state index in [0.717, 1.165) is 43.6 Å². The van der Waals surface area contributed by atoms with Crippen molar-refractivity contribution in [2.75, 3.05) is 19.6 Å². The van der Waals surface area contributed by atoms with Gasteiger partial charge in [0.1, 0.15) is 0 Å². The van der Waals surface area contributed by atoms with Gasteiger partial charge in [-0.25, -0.2) is 4.68 Å². The molecular formula is C23H32N4O2. The third-order valence-electron chi connectivity index (χ3n) is 6.10. The number of benzene rings is 1. The Balaban J connectivity index is 1.49. The lowest BCUT2D eigenvalue weighted by atomic mass is 10.00. The molecule has 6 heteroatoms.